The van der Waals surface area contributed by atoms with Gasteiger partial charge in [-0.05, 0) is 134 Å². The molecule has 7 aromatic rings. The molecule has 0 N–H and O–H groups in total. The summed E-state index contributed by atoms with van der Waals surface area (Å²) in [6.45, 7) is 16.8. The summed E-state index contributed by atoms with van der Waals surface area (Å²) < 4.78 is 0. The fraction of sp³-hybridized carbons (Fsp3) is 0.236. The van der Waals surface area contributed by atoms with E-state index in [2.05, 4.69) is 174 Å². The Kier molecular flexibility index (Phi) is 14.2. The van der Waals surface area contributed by atoms with Gasteiger partial charge in [-0.25, -0.2) is 0 Å². The summed E-state index contributed by atoms with van der Waals surface area (Å²) in [4.78, 5) is 0. The molecule has 0 heterocycles. The molecule has 0 saturated heterocycles. The molecule has 0 bridgehead atoms. The van der Waals surface area contributed by atoms with Crippen molar-refractivity contribution in [3.63, 3.8) is 0 Å². The molecule has 0 heteroatoms. The second-order valence-electron chi connectivity index (χ2n) is 14.8. The van der Waals surface area contributed by atoms with Crippen LogP contribution in [0, 0.1) is 25.7 Å². The van der Waals surface area contributed by atoms with Crippen LogP contribution in [-0.2, 0) is 19.3 Å². The molecule has 1 aliphatic rings. The van der Waals surface area contributed by atoms with Crippen LogP contribution in [0.15, 0.2) is 164 Å². The standard InChI is InChI=1S/C47H42.C5H8.C2H6.CH4/c1-5-6-7-8-10-15-37-20-21-38-24-25-44-45(36-13-11-9-12-14-36)31-41(43-27-26-42(37)46(38)47(43)44)29-33(3)28-39-22-23-40(30-34(39)4)35-18-16-32(2)17-19-35;1-5-3-2-4-5;1-2;/h5-14,16-27,30-31,33H,1,15,28-29H2,2-4H3;2-3,5H,4H2,1H3;1-2H3;1H4/b7-6-,10-8-;;;. The minimum Gasteiger partial charge on any atom is -0.0991 e. The number of allylic oxidation sites excluding steroid dienone is 7. The molecule has 0 amide bonds. The molecule has 280 valence electrons. The van der Waals surface area contributed by atoms with Crippen molar-refractivity contribution in [2.75, 3.05) is 0 Å². The summed E-state index contributed by atoms with van der Waals surface area (Å²) in [6.07, 6.45) is 18.9. The molecule has 2 unspecified atom stereocenters. The summed E-state index contributed by atoms with van der Waals surface area (Å²) in [6, 6.07) is 43.3. The van der Waals surface area contributed by atoms with Crippen molar-refractivity contribution in [3.8, 4) is 22.3 Å². The molecule has 0 nitrogen and oxygen atoms in total. The van der Waals surface area contributed by atoms with E-state index in [1.54, 1.807) is 0 Å². The quantitative estimate of drug-likeness (QED) is 0.0750. The molecule has 8 rings (SSSR count). The van der Waals surface area contributed by atoms with Gasteiger partial charge in [-0.15, -0.1) is 0 Å². The van der Waals surface area contributed by atoms with Crippen molar-refractivity contribution in [2.24, 2.45) is 11.8 Å². The van der Waals surface area contributed by atoms with Crippen LogP contribution >= 0.6 is 0 Å². The molecular formula is C55H60. The summed E-state index contributed by atoms with van der Waals surface area (Å²) in [5.74, 6) is 1.38. The molecule has 0 aromatic heterocycles. The lowest BCUT2D eigenvalue weighted by Crippen LogP contribution is -2.06. The van der Waals surface area contributed by atoms with E-state index in [0.717, 1.165) is 25.2 Å². The Morgan fingerprint density at radius 2 is 1.27 bits per heavy atom. The third-order valence-electron chi connectivity index (χ3n) is 10.7. The van der Waals surface area contributed by atoms with E-state index in [0.29, 0.717) is 5.92 Å². The van der Waals surface area contributed by atoms with Gasteiger partial charge in [0.1, 0.15) is 0 Å². The maximum Gasteiger partial charge on any atom is -0.00177 e. The van der Waals surface area contributed by atoms with Crippen LogP contribution < -0.4 is 0 Å². The number of hydrogen-bond acceptors (Lipinski definition) is 0. The average Bonchev–Trinajstić information content (AvgIpc) is 3.19. The van der Waals surface area contributed by atoms with Gasteiger partial charge in [0, 0.05) is 0 Å². The summed E-state index contributed by atoms with van der Waals surface area (Å²) in [5, 5.41) is 8.18. The first kappa shape index (κ1) is 40.7. The van der Waals surface area contributed by atoms with Crippen LogP contribution in [0.3, 0.4) is 0 Å². The Hall–Kier alpha value is -5.46. The maximum atomic E-state index is 3.78. The second-order valence-corrected chi connectivity index (χ2v) is 14.8. The van der Waals surface area contributed by atoms with Crippen LogP contribution in [0.2, 0.25) is 0 Å². The van der Waals surface area contributed by atoms with Crippen molar-refractivity contribution in [1.82, 2.24) is 0 Å². The zero-order chi connectivity index (χ0) is 38.0. The van der Waals surface area contributed by atoms with E-state index < -0.39 is 0 Å². The van der Waals surface area contributed by atoms with Gasteiger partial charge in [0.25, 0.3) is 0 Å². The van der Waals surface area contributed by atoms with Crippen LogP contribution in [0.5, 0.6) is 0 Å². The minimum absolute atomic E-state index is 0. The minimum atomic E-state index is 0. The van der Waals surface area contributed by atoms with Crippen molar-refractivity contribution >= 4 is 32.3 Å². The van der Waals surface area contributed by atoms with E-state index in [9.17, 15) is 0 Å². The molecule has 2 atom stereocenters. The molecule has 0 radical (unpaired) electrons. The number of rotatable bonds is 10. The SMILES string of the molecule is C.C=C/C=C\C=C/Cc1ccc2ccc3c(-c4ccccc4)cc(CC(C)Cc4ccc(-c5ccc(C)cc5)cc4C)c4ccc1c2c43.CC.CC1C=CC1. The lowest BCUT2D eigenvalue weighted by atomic mass is 9.83. The van der Waals surface area contributed by atoms with Gasteiger partial charge in [0.05, 0.1) is 0 Å². The zero-order valence-corrected chi connectivity index (χ0v) is 33.2. The zero-order valence-electron chi connectivity index (χ0n) is 33.2. The largest absolute Gasteiger partial charge is 0.0991 e. The van der Waals surface area contributed by atoms with Gasteiger partial charge in [-0.2, -0.15) is 0 Å². The molecule has 7 aromatic carbocycles. The lowest BCUT2D eigenvalue weighted by Gasteiger charge is -2.21. The Labute approximate surface area is 332 Å². The highest BCUT2D eigenvalue weighted by Crippen LogP contribution is 2.42. The lowest BCUT2D eigenvalue weighted by molar-refractivity contribution is 0.578. The first-order chi connectivity index (χ1) is 26.4. The Balaban J connectivity index is 0.000000663. The summed E-state index contributed by atoms with van der Waals surface area (Å²) in [7, 11) is 0. The third-order valence-corrected chi connectivity index (χ3v) is 10.7. The summed E-state index contributed by atoms with van der Waals surface area (Å²) >= 11 is 0. The maximum absolute atomic E-state index is 3.78. The molecule has 0 saturated carbocycles. The Morgan fingerprint density at radius 1 is 0.655 bits per heavy atom. The van der Waals surface area contributed by atoms with Gasteiger partial charge >= 0.3 is 0 Å². The van der Waals surface area contributed by atoms with Crippen LogP contribution in [0.1, 0.15) is 69.4 Å². The van der Waals surface area contributed by atoms with E-state index in [4.69, 9.17) is 0 Å². The van der Waals surface area contributed by atoms with Gasteiger partial charge in [-0.1, -0.05) is 199 Å². The third kappa shape index (κ3) is 9.44. The predicted octanol–water partition coefficient (Wildman–Crippen LogP) is 16.0. The summed E-state index contributed by atoms with van der Waals surface area (Å²) in [5.41, 5.74) is 12.1. The van der Waals surface area contributed by atoms with Crippen molar-refractivity contribution in [2.45, 2.75) is 74.7 Å². The smallest absolute Gasteiger partial charge is 0.00177 e. The number of aryl methyl sites for hydroxylation is 2. The fourth-order valence-electron chi connectivity index (χ4n) is 7.73. The molecule has 0 fully saturated rings. The van der Waals surface area contributed by atoms with Gasteiger partial charge in [0.2, 0.25) is 0 Å². The van der Waals surface area contributed by atoms with Gasteiger partial charge in [-0.3, -0.25) is 0 Å². The monoisotopic (exact) mass is 720 g/mol. The van der Waals surface area contributed by atoms with E-state index >= 15 is 0 Å². The van der Waals surface area contributed by atoms with E-state index in [1.165, 1.54) is 88.8 Å². The Bertz CT molecular complexity index is 2400. The molecule has 1 aliphatic carbocycles. The molecule has 55 heavy (non-hydrogen) atoms. The molecule has 0 spiro atoms. The van der Waals surface area contributed by atoms with Crippen molar-refractivity contribution < 1.29 is 0 Å². The highest BCUT2D eigenvalue weighted by atomic mass is 14.2. The fourth-order valence-corrected chi connectivity index (χ4v) is 7.73. The topological polar surface area (TPSA) is 0 Å². The number of hydrogen-bond donors (Lipinski definition) is 0. The van der Waals surface area contributed by atoms with E-state index in [-0.39, 0.29) is 7.43 Å². The van der Waals surface area contributed by atoms with E-state index in [1.807, 2.05) is 32.1 Å². The molecule has 0 aliphatic heterocycles. The predicted molar refractivity (Wildman–Crippen MR) is 247 cm³/mol. The van der Waals surface area contributed by atoms with Crippen molar-refractivity contribution in [3.05, 3.63) is 192 Å². The second kappa shape index (κ2) is 19.2. The number of benzene rings is 7. The molecular weight excluding hydrogens is 661 g/mol. The highest BCUT2D eigenvalue weighted by Gasteiger charge is 2.18. The van der Waals surface area contributed by atoms with Crippen LogP contribution in [0.25, 0.3) is 54.6 Å². The van der Waals surface area contributed by atoms with Gasteiger partial charge < -0.3 is 0 Å². The highest BCUT2D eigenvalue weighted by molar-refractivity contribution is 6.26. The first-order valence-corrected chi connectivity index (χ1v) is 19.9. The van der Waals surface area contributed by atoms with Crippen LogP contribution in [-0.4, -0.2) is 0 Å². The average molecular weight is 721 g/mol. The van der Waals surface area contributed by atoms with Gasteiger partial charge in [0.15, 0.2) is 0 Å². The van der Waals surface area contributed by atoms with Crippen molar-refractivity contribution in [1.29, 1.82) is 0 Å². The first-order valence-electron chi connectivity index (χ1n) is 19.9. The Morgan fingerprint density at radius 3 is 1.93 bits per heavy atom. The van der Waals surface area contributed by atoms with Crippen LogP contribution in [0.4, 0.5) is 0 Å². The normalized spacial score (nSPS) is 14.0.